The normalized spacial score (nSPS) is 25.9. The second-order valence-electron chi connectivity index (χ2n) is 5.27. The van der Waals surface area contributed by atoms with Crippen LogP contribution in [-0.2, 0) is 6.54 Å². The summed E-state index contributed by atoms with van der Waals surface area (Å²) in [7, 11) is 0. The summed E-state index contributed by atoms with van der Waals surface area (Å²) in [6.07, 6.45) is 5.73. The topological polar surface area (TPSA) is 12.0 Å². The van der Waals surface area contributed by atoms with Gasteiger partial charge in [0.2, 0.25) is 0 Å². The zero-order valence-electron chi connectivity index (χ0n) is 10.5. The predicted molar refractivity (Wildman–Crippen MR) is 71.9 cm³/mol. The number of aryl methyl sites for hydroxylation is 1. The Morgan fingerprint density at radius 1 is 1.25 bits per heavy atom. The molecule has 16 heavy (non-hydrogen) atoms. The van der Waals surface area contributed by atoms with E-state index in [2.05, 4.69) is 31.3 Å². The molecule has 1 fully saturated rings. The molecule has 1 aromatic heterocycles. The molecule has 1 heterocycles. The lowest BCUT2D eigenvalue weighted by Gasteiger charge is -2.26. The summed E-state index contributed by atoms with van der Waals surface area (Å²) in [5.41, 5.74) is 0. The van der Waals surface area contributed by atoms with Crippen LogP contribution in [0.4, 0.5) is 0 Å². The summed E-state index contributed by atoms with van der Waals surface area (Å²) in [5, 5.41) is 3.61. The van der Waals surface area contributed by atoms with Crippen LogP contribution in [0.5, 0.6) is 0 Å². The molecule has 0 spiro atoms. The molecule has 2 heteroatoms. The highest BCUT2D eigenvalue weighted by Crippen LogP contribution is 2.27. The second kappa shape index (κ2) is 5.83. The van der Waals surface area contributed by atoms with Crippen molar-refractivity contribution >= 4 is 11.3 Å². The van der Waals surface area contributed by atoms with Gasteiger partial charge in [-0.3, -0.25) is 0 Å². The molecule has 2 rings (SSSR count). The van der Waals surface area contributed by atoms with Crippen molar-refractivity contribution in [1.29, 1.82) is 0 Å². The van der Waals surface area contributed by atoms with E-state index >= 15 is 0 Å². The first-order chi connectivity index (χ1) is 7.74. The standard InChI is InChI=1S/C14H23NS/c1-11-3-6-13(7-4-11)9-15-10-14-8-5-12(2)16-14/h5,8,11,13,15H,3-4,6-7,9-10H2,1-2H3. The maximum absolute atomic E-state index is 3.61. The molecule has 0 bridgehead atoms. The minimum atomic E-state index is 0.928. The van der Waals surface area contributed by atoms with Gasteiger partial charge in [-0.1, -0.05) is 19.8 Å². The van der Waals surface area contributed by atoms with Gasteiger partial charge in [-0.25, -0.2) is 0 Å². The summed E-state index contributed by atoms with van der Waals surface area (Å²) in [5.74, 6) is 1.90. The summed E-state index contributed by atoms with van der Waals surface area (Å²) < 4.78 is 0. The Kier molecular flexibility index (Phi) is 4.42. The molecular formula is C14H23NS. The Morgan fingerprint density at radius 2 is 2.00 bits per heavy atom. The fourth-order valence-corrected chi connectivity index (χ4v) is 3.37. The molecule has 0 atom stereocenters. The van der Waals surface area contributed by atoms with Gasteiger partial charge >= 0.3 is 0 Å². The summed E-state index contributed by atoms with van der Waals surface area (Å²) in [4.78, 5) is 2.89. The Bertz CT molecular complexity index is 310. The Hall–Kier alpha value is -0.340. The molecule has 1 nitrogen and oxygen atoms in total. The lowest BCUT2D eigenvalue weighted by atomic mass is 9.83. The van der Waals surface area contributed by atoms with Crippen molar-refractivity contribution < 1.29 is 0 Å². The molecule has 1 N–H and O–H groups in total. The van der Waals surface area contributed by atoms with Crippen LogP contribution in [0, 0.1) is 18.8 Å². The maximum atomic E-state index is 3.61. The van der Waals surface area contributed by atoms with Crippen molar-refractivity contribution in [3.05, 3.63) is 21.9 Å². The number of hydrogen-bond donors (Lipinski definition) is 1. The van der Waals surface area contributed by atoms with Crippen molar-refractivity contribution in [2.45, 2.75) is 46.1 Å². The van der Waals surface area contributed by atoms with Crippen LogP contribution < -0.4 is 5.32 Å². The maximum Gasteiger partial charge on any atom is 0.0299 e. The molecule has 0 aliphatic heterocycles. The number of nitrogens with one attached hydrogen (secondary N) is 1. The summed E-state index contributed by atoms with van der Waals surface area (Å²) in [6.45, 7) is 6.84. The number of thiophene rings is 1. The summed E-state index contributed by atoms with van der Waals surface area (Å²) >= 11 is 1.91. The molecular weight excluding hydrogens is 214 g/mol. The monoisotopic (exact) mass is 237 g/mol. The molecule has 90 valence electrons. The molecule has 0 saturated heterocycles. The highest BCUT2D eigenvalue weighted by molar-refractivity contribution is 7.11. The van der Waals surface area contributed by atoms with E-state index in [4.69, 9.17) is 0 Å². The van der Waals surface area contributed by atoms with E-state index in [1.165, 1.54) is 42.0 Å². The van der Waals surface area contributed by atoms with Gasteiger partial charge in [-0.05, 0) is 50.3 Å². The SMILES string of the molecule is Cc1ccc(CNCC2CCC(C)CC2)s1. The average Bonchev–Trinajstić information content (AvgIpc) is 2.67. The van der Waals surface area contributed by atoms with E-state index in [1.54, 1.807) is 0 Å². The van der Waals surface area contributed by atoms with Crippen LogP contribution in [0.25, 0.3) is 0 Å². The first kappa shape index (κ1) is 12.1. The zero-order chi connectivity index (χ0) is 11.4. The van der Waals surface area contributed by atoms with Crippen LogP contribution >= 0.6 is 11.3 Å². The van der Waals surface area contributed by atoms with Gasteiger partial charge < -0.3 is 5.32 Å². The second-order valence-corrected chi connectivity index (χ2v) is 6.64. The minimum absolute atomic E-state index is 0.928. The van der Waals surface area contributed by atoms with Gasteiger partial charge in [0.05, 0.1) is 0 Å². The van der Waals surface area contributed by atoms with Crippen molar-refractivity contribution in [2.24, 2.45) is 11.8 Å². The Labute approximate surface area is 103 Å². The minimum Gasteiger partial charge on any atom is -0.312 e. The van der Waals surface area contributed by atoms with E-state index in [1.807, 2.05) is 11.3 Å². The molecule has 1 aliphatic rings. The lowest BCUT2D eigenvalue weighted by Crippen LogP contribution is -2.25. The zero-order valence-corrected chi connectivity index (χ0v) is 11.3. The third kappa shape index (κ3) is 3.60. The van der Waals surface area contributed by atoms with Gasteiger partial charge in [-0.15, -0.1) is 11.3 Å². The Balaban J connectivity index is 1.64. The van der Waals surface area contributed by atoms with Gasteiger partial charge in [0.1, 0.15) is 0 Å². The largest absolute Gasteiger partial charge is 0.312 e. The molecule has 1 saturated carbocycles. The highest BCUT2D eigenvalue weighted by atomic mass is 32.1. The molecule has 1 aromatic rings. The van der Waals surface area contributed by atoms with E-state index < -0.39 is 0 Å². The smallest absolute Gasteiger partial charge is 0.0299 e. The van der Waals surface area contributed by atoms with Gasteiger partial charge in [0, 0.05) is 16.3 Å². The first-order valence-electron chi connectivity index (χ1n) is 6.50. The van der Waals surface area contributed by atoms with Crippen molar-refractivity contribution in [1.82, 2.24) is 5.32 Å². The van der Waals surface area contributed by atoms with E-state index in [0.717, 1.165) is 18.4 Å². The fourth-order valence-electron chi connectivity index (χ4n) is 2.51. The van der Waals surface area contributed by atoms with E-state index in [9.17, 15) is 0 Å². The van der Waals surface area contributed by atoms with E-state index in [0.29, 0.717) is 0 Å². The van der Waals surface area contributed by atoms with Crippen molar-refractivity contribution in [3.63, 3.8) is 0 Å². The molecule has 1 aliphatic carbocycles. The van der Waals surface area contributed by atoms with Gasteiger partial charge in [-0.2, -0.15) is 0 Å². The molecule has 0 amide bonds. The quantitative estimate of drug-likeness (QED) is 0.835. The van der Waals surface area contributed by atoms with Crippen LogP contribution in [0.15, 0.2) is 12.1 Å². The van der Waals surface area contributed by atoms with Crippen LogP contribution in [0.1, 0.15) is 42.4 Å². The number of rotatable bonds is 4. The first-order valence-corrected chi connectivity index (χ1v) is 7.31. The van der Waals surface area contributed by atoms with Crippen LogP contribution in [0.3, 0.4) is 0 Å². The molecule has 0 unspecified atom stereocenters. The van der Waals surface area contributed by atoms with E-state index in [-0.39, 0.29) is 0 Å². The van der Waals surface area contributed by atoms with Crippen LogP contribution in [0.2, 0.25) is 0 Å². The van der Waals surface area contributed by atoms with Crippen molar-refractivity contribution in [2.75, 3.05) is 6.54 Å². The highest BCUT2D eigenvalue weighted by Gasteiger charge is 2.17. The fraction of sp³-hybridized carbons (Fsp3) is 0.714. The molecule has 0 radical (unpaired) electrons. The average molecular weight is 237 g/mol. The third-order valence-electron chi connectivity index (χ3n) is 3.66. The third-order valence-corrected chi connectivity index (χ3v) is 4.66. The van der Waals surface area contributed by atoms with Gasteiger partial charge in [0.25, 0.3) is 0 Å². The van der Waals surface area contributed by atoms with Crippen molar-refractivity contribution in [3.8, 4) is 0 Å². The molecule has 0 aromatic carbocycles. The summed E-state index contributed by atoms with van der Waals surface area (Å²) in [6, 6.07) is 4.46. The van der Waals surface area contributed by atoms with Gasteiger partial charge in [0.15, 0.2) is 0 Å². The predicted octanol–water partition coefficient (Wildman–Crippen LogP) is 3.97. The Morgan fingerprint density at radius 3 is 2.62 bits per heavy atom. The lowest BCUT2D eigenvalue weighted by molar-refractivity contribution is 0.281. The van der Waals surface area contributed by atoms with Crippen LogP contribution in [-0.4, -0.2) is 6.54 Å². The number of hydrogen-bond acceptors (Lipinski definition) is 2.